The number of hydrogen-bond acceptors (Lipinski definition) is 3. The van der Waals surface area contributed by atoms with Crippen LogP contribution in [0.3, 0.4) is 0 Å². The lowest BCUT2D eigenvalue weighted by atomic mass is 10.1. The molecule has 4 nitrogen and oxygen atoms in total. The van der Waals surface area contributed by atoms with Crippen LogP contribution in [-0.2, 0) is 0 Å². The van der Waals surface area contributed by atoms with Crippen molar-refractivity contribution in [2.24, 2.45) is 5.73 Å². The van der Waals surface area contributed by atoms with Crippen molar-refractivity contribution in [1.82, 2.24) is 9.55 Å². The van der Waals surface area contributed by atoms with Gasteiger partial charge in [-0.1, -0.05) is 0 Å². The molecule has 0 saturated heterocycles. The lowest BCUT2D eigenvalue weighted by Crippen LogP contribution is -2.11. The van der Waals surface area contributed by atoms with Crippen LogP contribution in [0.1, 0.15) is 24.2 Å². The van der Waals surface area contributed by atoms with E-state index in [2.05, 4.69) is 4.98 Å². The Morgan fingerprint density at radius 3 is 2.76 bits per heavy atom. The number of nitrogens with zero attached hydrogens (tertiary/aromatic N) is 2. The fourth-order valence-electron chi connectivity index (χ4n) is 1.87. The highest BCUT2D eigenvalue weighted by Gasteiger charge is 2.10. The van der Waals surface area contributed by atoms with Gasteiger partial charge in [-0.25, -0.2) is 4.98 Å². The molecule has 2 aromatic rings. The number of aryl methyl sites for hydroxylation is 1. The maximum atomic E-state index is 5.92. The molecule has 2 N–H and O–H groups in total. The molecule has 0 bridgehead atoms. The summed E-state index contributed by atoms with van der Waals surface area (Å²) in [6.45, 7) is 4.00. The molecule has 90 valence electrons. The molecule has 0 radical (unpaired) electrons. The van der Waals surface area contributed by atoms with Crippen molar-refractivity contribution in [2.45, 2.75) is 19.9 Å². The number of benzene rings is 1. The number of imidazole rings is 1. The Morgan fingerprint density at radius 1 is 1.41 bits per heavy atom. The predicted octanol–water partition coefficient (Wildman–Crippen LogP) is 2.21. The highest BCUT2D eigenvalue weighted by molar-refractivity contribution is 5.46. The van der Waals surface area contributed by atoms with E-state index in [0.29, 0.717) is 0 Å². The summed E-state index contributed by atoms with van der Waals surface area (Å²) in [4.78, 5) is 4.16. The summed E-state index contributed by atoms with van der Waals surface area (Å²) >= 11 is 0. The van der Waals surface area contributed by atoms with Crippen molar-refractivity contribution < 1.29 is 4.74 Å². The van der Waals surface area contributed by atoms with Gasteiger partial charge in [0.25, 0.3) is 0 Å². The first-order chi connectivity index (χ1) is 8.13. The minimum atomic E-state index is -0.0426. The Bertz CT molecular complexity index is 517. The van der Waals surface area contributed by atoms with E-state index in [1.807, 2.05) is 36.6 Å². The van der Waals surface area contributed by atoms with E-state index in [1.165, 1.54) is 0 Å². The monoisotopic (exact) mass is 231 g/mol. The van der Waals surface area contributed by atoms with Crippen LogP contribution in [-0.4, -0.2) is 16.7 Å². The molecule has 0 amide bonds. The van der Waals surface area contributed by atoms with Crippen LogP contribution < -0.4 is 10.5 Å². The van der Waals surface area contributed by atoms with E-state index in [0.717, 1.165) is 22.7 Å². The third kappa shape index (κ3) is 2.17. The van der Waals surface area contributed by atoms with E-state index >= 15 is 0 Å². The minimum Gasteiger partial charge on any atom is -0.497 e. The second-order valence-electron chi connectivity index (χ2n) is 4.13. The molecular weight excluding hydrogens is 214 g/mol. The number of methoxy groups -OCH3 is 1. The summed E-state index contributed by atoms with van der Waals surface area (Å²) in [5.41, 5.74) is 9.12. The molecule has 0 unspecified atom stereocenters. The summed E-state index contributed by atoms with van der Waals surface area (Å²) in [5.74, 6) is 0.855. The maximum absolute atomic E-state index is 5.92. The Morgan fingerprint density at radius 2 is 2.18 bits per heavy atom. The highest BCUT2D eigenvalue weighted by Crippen LogP contribution is 2.23. The molecule has 0 aliphatic carbocycles. The molecule has 0 aliphatic rings. The Kier molecular flexibility index (Phi) is 3.15. The molecule has 1 heterocycles. The molecular formula is C13H17N3O. The molecule has 1 atom stereocenters. The highest BCUT2D eigenvalue weighted by atomic mass is 16.5. The zero-order valence-electron chi connectivity index (χ0n) is 10.3. The molecule has 1 aromatic carbocycles. The second-order valence-corrected chi connectivity index (χ2v) is 4.13. The van der Waals surface area contributed by atoms with Gasteiger partial charge < -0.3 is 15.0 Å². The molecule has 0 fully saturated rings. The van der Waals surface area contributed by atoms with Gasteiger partial charge in [0, 0.05) is 6.04 Å². The molecule has 0 aliphatic heterocycles. The summed E-state index contributed by atoms with van der Waals surface area (Å²) < 4.78 is 7.21. The van der Waals surface area contributed by atoms with Crippen LogP contribution in [0.4, 0.5) is 0 Å². The van der Waals surface area contributed by atoms with Crippen LogP contribution in [0.25, 0.3) is 5.69 Å². The van der Waals surface area contributed by atoms with Crippen molar-refractivity contribution in [3.63, 3.8) is 0 Å². The largest absolute Gasteiger partial charge is 0.497 e. The van der Waals surface area contributed by atoms with Crippen molar-refractivity contribution in [3.05, 3.63) is 42.0 Å². The lowest BCUT2D eigenvalue weighted by Gasteiger charge is -2.13. The van der Waals surface area contributed by atoms with Gasteiger partial charge in [-0.2, -0.15) is 0 Å². The van der Waals surface area contributed by atoms with E-state index < -0.39 is 0 Å². The van der Waals surface area contributed by atoms with Gasteiger partial charge in [-0.3, -0.25) is 0 Å². The summed E-state index contributed by atoms with van der Waals surface area (Å²) in [6, 6.07) is 5.91. The fourth-order valence-corrected chi connectivity index (χ4v) is 1.87. The van der Waals surface area contributed by atoms with Crippen molar-refractivity contribution in [3.8, 4) is 11.4 Å². The Hall–Kier alpha value is -1.81. The fraction of sp³-hybridized carbons (Fsp3) is 0.308. The standard InChI is InChI=1S/C13H17N3O/c1-9-6-11(17-3)4-5-12(9)16-8-15-7-13(16)10(2)14/h4-8,10H,14H2,1-3H3/t10-/m1/s1. The summed E-state index contributed by atoms with van der Waals surface area (Å²) in [6.07, 6.45) is 3.59. The van der Waals surface area contributed by atoms with Gasteiger partial charge >= 0.3 is 0 Å². The van der Waals surface area contributed by atoms with E-state index in [4.69, 9.17) is 10.5 Å². The third-order valence-electron chi connectivity index (χ3n) is 2.80. The Balaban J connectivity index is 2.49. The SMILES string of the molecule is COc1ccc(-n2cncc2[C@@H](C)N)c(C)c1. The lowest BCUT2D eigenvalue weighted by molar-refractivity contribution is 0.414. The van der Waals surface area contributed by atoms with E-state index in [1.54, 1.807) is 19.6 Å². The molecule has 17 heavy (non-hydrogen) atoms. The van der Waals surface area contributed by atoms with Gasteiger partial charge in [0.05, 0.1) is 31.0 Å². The number of nitrogens with two attached hydrogens (primary N) is 1. The molecule has 0 saturated carbocycles. The molecule has 0 spiro atoms. The molecule has 4 heteroatoms. The van der Waals surface area contributed by atoms with Gasteiger partial charge in [0.1, 0.15) is 5.75 Å². The number of rotatable bonds is 3. The van der Waals surface area contributed by atoms with Crippen molar-refractivity contribution in [2.75, 3.05) is 7.11 Å². The van der Waals surface area contributed by atoms with Crippen LogP contribution in [0.2, 0.25) is 0 Å². The predicted molar refractivity (Wildman–Crippen MR) is 67.5 cm³/mol. The normalized spacial score (nSPS) is 12.5. The number of hydrogen-bond donors (Lipinski definition) is 1. The summed E-state index contributed by atoms with van der Waals surface area (Å²) in [5, 5.41) is 0. The first kappa shape index (κ1) is 11.7. The van der Waals surface area contributed by atoms with Gasteiger partial charge in [0.15, 0.2) is 0 Å². The first-order valence-electron chi connectivity index (χ1n) is 5.56. The van der Waals surface area contributed by atoms with E-state index in [-0.39, 0.29) is 6.04 Å². The van der Waals surface area contributed by atoms with E-state index in [9.17, 15) is 0 Å². The smallest absolute Gasteiger partial charge is 0.119 e. The number of ether oxygens (including phenoxy) is 1. The van der Waals surface area contributed by atoms with Crippen molar-refractivity contribution in [1.29, 1.82) is 0 Å². The zero-order valence-corrected chi connectivity index (χ0v) is 10.3. The van der Waals surface area contributed by atoms with Crippen LogP contribution in [0, 0.1) is 6.92 Å². The van der Waals surface area contributed by atoms with Gasteiger partial charge in [-0.05, 0) is 37.6 Å². The topological polar surface area (TPSA) is 53.1 Å². The first-order valence-corrected chi connectivity index (χ1v) is 5.56. The number of aromatic nitrogens is 2. The minimum absolute atomic E-state index is 0.0426. The molecule has 2 rings (SSSR count). The average Bonchev–Trinajstić information content (AvgIpc) is 2.77. The average molecular weight is 231 g/mol. The Labute approximate surface area is 101 Å². The quantitative estimate of drug-likeness (QED) is 0.881. The molecule has 1 aromatic heterocycles. The van der Waals surface area contributed by atoms with Crippen LogP contribution >= 0.6 is 0 Å². The zero-order chi connectivity index (χ0) is 12.4. The van der Waals surface area contributed by atoms with Crippen LogP contribution in [0.15, 0.2) is 30.7 Å². The second kappa shape index (κ2) is 4.59. The van der Waals surface area contributed by atoms with Gasteiger partial charge in [0.2, 0.25) is 0 Å². The maximum Gasteiger partial charge on any atom is 0.119 e. The third-order valence-corrected chi connectivity index (χ3v) is 2.80. The summed E-state index contributed by atoms with van der Waals surface area (Å²) in [7, 11) is 1.67. The van der Waals surface area contributed by atoms with Crippen LogP contribution in [0.5, 0.6) is 5.75 Å². The van der Waals surface area contributed by atoms with Gasteiger partial charge in [-0.15, -0.1) is 0 Å². The van der Waals surface area contributed by atoms with Crippen molar-refractivity contribution >= 4 is 0 Å².